The van der Waals surface area contributed by atoms with E-state index in [9.17, 15) is 4.79 Å². The first-order chi connectivity index (χ1) is 12.3. The topological polar surface area (TPSA) is 66.5 Å². The largest absolute Gasteiger partial charge is 0.481 e. The maximum absolute atomic E-state index is 12.0. The molecule has 25 heavy (non-hydrogen) atoms. The van der Waals surface area contributed by atoms with Gasteiger partial charge < -0.3 is 15.4 Å². The van der Waals surface area contributed by atoms with Crippen molar-refractivity contribution in [1.29, 1.82) is 0 Å². The predicted octanol–water partition coefficient (Wildman–Crippen LogP) is 1.95. The van der Waals surface area contributed by atoms with E-state index in [0.29, 0.717) is 19.0 Å². The van der Waals surface area contributed by atoms with E-state index in [1.807, 2.05) is 12.1 Å². The third-order valence-electron chi connectivity index (χ3n) is 4.41. The molecule has 2 aromatic rings. The Morgan fingerprint density at radius 2 is 2.04 bits per heavy atom. The summed E-state index contributed by atoms with van der Waals surface area (Å²) in [7, 11) is 1.57. The highest BCUT2D eigenvalue weighted by atomic mass is 16.5. The summed E-state index contributed by atoms with van der Waals surface area (Å²) >= 11 is 0. The Balaban J connectivity index is 1.39. The van der Waals surface area contributed by atoms with Crippen LogP contribution in [-0.2, 0) is 19.5 Å². The van der Waals surface area contributed by atoms with E-state index >= 15 is 0 Å². The van der Waals surface area contributed by atoms with E-state index < -0.39 is 0 Å². The molecule has 0 unspecified atom stereocenters. The number of nitrogens with one attached hydrogen (secondary N) is 2. The number of aromatic nitrogens is 1. The number of benzene rings is 1. The number of ether oxygens (including phenoxy) is 1. The number of carbonyl (C=O) groups is 1. The molecule has 1 aromatic carbocycles. The number of carbonyl (C=O) groups excluding carboxylic acids is 1. The van der Waals surface area contributed by atoms with Gasteiger partial charge >= 0.3 is 6.03 Å². The van der Waals surface area contributed by atoms with Crippen molar-refractivity contribution in [3.8, 4) is 5.88 Å². The number of pyridine rings is 1. The molecular formula is C19H24N4O2. The van der Waals surface area contributed by atoms with Crippen molar-refractivity contribution in [1.82, 2.24) is 20.5 Å². The summed E-state index contributed by atoms with van der Waals surface area (Å²) in [4.78, 5) is 18.4. The van der Waals surface area contributed by atoms with Crippen molar-refractivity contribution in [3.63, 3.8) is 0 Å². The number of hydrogen-bond acceptors (Lipinski definition) is 4. The molecular weight excluding hydrogens is 316 g/mol. The van der Waals surface area contributed by atoms with E-state index in [1.54, 1.807) is 13.3 Å². The monoisotopic (exact) mass is 340 g/mol. The Bertz CT molecular complexity index is 720. The van der Waals surface area contributed by atoms with Gasteiger partial charge in [0, 0.05) is 44.5 Å². The Morgan fingerprint density at radius 3 is 2.88 bits per heavy atom. The average Bonchev–Trinajstić information content (AvgIpc) is 2.66. The summed E-state index contributed by atoms with van der Waals surface area (Å²) in [5.74, 6) is 0.537. The van der Waals surface area contributed by atoms with Crippen molar-refractivity contribution in [2.24, 2.45) is 0 Å². The molecule has 6 heteroatoms. The number of hydrogen-bond donors (Lipinski definition) is 2. The molecule has 0 atom stereocenters. The van der Waals surface area contributed by atoms with Gasteiger partial charge in [-0.15, -0.1) is 0 Å². The van der Waals surface area contributed by atoms with E-state index in [2.05, 4.69) is 44.8 Å². The minimum atomic E-state index is -0.177. The van der Waals surface area contributed by atoms with Gasteiger partial charge in [-0.1, -0.05) is 30.3 Å². The van der Waals surface area contributed by atoms with Crippen LogP contribution in [0.15, 0.2) is 42.6 Å². The fourth-order valence-corrected chi connectivity index (χ4v) is 3.05. The summed E-state index contributed by atoms with van der Waals surface area (Å²) < 4.78 is 5.18. The van der Waals surface area contributed by atoms with E-state index in [-0.39, 0.29) is 6.03 Å². The van der Waals surface area contributed by atoms with Gasteiger partial charge in [-0.05, 0) is 23.6 Å². The van der Waals surface area contributed by atoms with Gasteiger partial charge in [0.1, 0.15) is 0 Å². The lowest BCUT2D eigenvalue weighted by Gasteiger charge is -2.28. The second-order valence-corrected chi connectivity index (χ2v) is 6.08. The zero-order valence-corrected chi connectivity index (χ0v) is 14.5. The molecule has 2 heterocycles. The van der Waals surface area contributed by atoms with E-state index in [4.69, 9.17) is 4.74 Å². The van der Waals surface area contributed by atoms with Crippen LogP contribution in [0, 0.1) is 0 Å². The van der Waals surface area contributed by atoms with Crippen LogP contribution in [0.1, 0.15) is 16.7 Å². The van der Waals surface area contributed by atoms with Crippen LogP contribution in [0.3, 0.4) is 0 Å². The minimum Gasteiger partial charge on any atom is -0.481 e. The fraction of sp³-hybridized carbons (Fsp3) is 0.368. The maximum atomic E-state index is 12.0. The summed E-state index contributed by atoms with van der Waals surface area (Å²) in [5.41, 5.74) is 3.68. The molecule has 1 aliphatic heterocycles. The van der Waals surface area contributed by atoms with Crippen molar-refractivity contribution in [2.75, 3.05) is 26.7 Å². The summed E-state index contributed by atoms with van der Waals surface area (Å²) in [6.45, 7) is 3.84. The molecule has 2 N–H and O–H groups in total. The lowest BCUT2D eigenvalue weighted by molar-refractivity contribution is 0.230. The van der Waals surface area contributed by atoms with E-state index in [1.165, 1.54) is 11.1 Å². The Labute approximate surface area is 148 Å². The number of fused-ring (bicyclic) bond motifs is 1. The molecule has 1 aromatic heterocycles. The first-order valence-corrected chi connectivity index (χ1v) is 8.55. The molecule has 0 saturated carbocycles. The molecule has 6 nitrogen and oxygen atoms in total. The number of urea groups is 1. The highest BCUT2D eigenvalue weighted by molar-refractivity contribution is 5.73. The molecule has 132 valence electrons. The van der Waals surface area contributed by atoms with Crippen molar-refractivity contribution >= 4 is 6.03 Å². The molecule has 3 rings (SSSR count). The molecule has 1 aliphatic rings. The van der Waals surface area contributed by atoms with Crippen LogP contribution in [0.5, 0.6) is 5.88 Å². The Kier molecular flexibility index (Phi) is 5.85. The highest BCUT2D eigenvalue weighted by Gasteiger charge is 2.15. The second kappa shape index (κ2) is 8.48. The van der Waals surface area contributed by atoms with Gasteiger partial charge in [-0.2, -0.15) is 0 Å². The SMILES string of the molecule is COc1ncccc1CNC(=O)NCCN1CCc2ccccc2C1. The average molecular weight is 340 g/mol. The van der Waals surface area contributed by atoms with Crippen LogP contribution >= 0.6 is 0 Å². The van der Waals surface area contributed by atoms with Gasteiger partial charge in [0.05, 0.1) is 7.11 Å². The smallest absolute Gasteiger partial charge is 0.315 e. The highest BCUT2D eigenvalue weighted by Crippen LogP contribution is 2.17. The van der Waals surface area contributed by atoms with Crippen molar-refractivity contribution in [3.05, 3.63) is 59.3 Å². The molecule has 2 amide bonds. The summed E-state index contributed by atoms with van der Waals surface area (Å²) in [6, 6.07) is 12.1. The first kappa shape index (κ1) is 17.2. The normalized spacial score (nSPS) is 13.8. The molecule has 0 spiro atoms. The van der Waals surface area contributed by atoms with Gasteiger partial charge in [0.15, 0.2) is 0 Å². The van der Waals surface area contributed by atoms with Crippen molar-refractivity contribution in [2.45, 2.75) is 19.5 Å². The third-order valence-corrected chi connectivity index (χ3v) is 4.41. The fourth-order valence-electron chi connectivity index (χ4n) is 3.05. The molecule has 0 saturated heterocycles. The quantitative estimate of drug-likeness (QED) is 0.843. The van der Waals surface area contributed by atoms with Gasteiger partial charge in [-0.3, -0.25) is 4.90 Å². The van der Waals surface area contributed by atoms with E-state index in [0.717, 1.165) is 31.6 Å². The number of rotatable bonds is 6. The molecule has 0 fully saturated rings. The van der Waals surface area contributed by atoms with Crippen LogP contribution in [0.25, 0.3) is 0 Å². The zero-order chi connectivity index (χ0) is 17.5. The molecule has 0 bridgehead atoms. The van der Waals surface area contributed by atoms with Crippen molar-refractivity contribution < 1.29 is 9.53 Å². The third kappa shape index (κ3) is 4.70. The lowest BCUT2D eigenvalue weighted by Crippen LogP contribution is -2.41. The van der Waals surface area contributed by atoms with Crippen LogP contribution in [0.2, 0.25) is 0 Å². The lowest BCUT2D eigenvalue weighted by atomic mass is 10.00. The Morgan fingerprint density at radius 1 is 1.20 bits per heavy atom. The zero-order valence-electron chi connectivity index (χ0n) is 14.5. The maximum Gasteiger partial charge on any atom is 0.315 e. The summed E-state index contributed by atoms with van der Waals surface area (Å²) in [6.07, 6.45) is 2.74. The molecule has 0 aliphatic carbocycles. The minimum absolute atomic E-state index is 0.177. The van der Waals surface area contributed by atoms with Crippen LogP contribution in [0.4, 0.5) is 4.79 Å². The van der Waals surface area contributed by atoms with Gasteiger partial charge in [0.2, 0.25) is 5.88 Å². The summed E-state index contributed by atoms with van der Waals surface area (Å²) in [5, 5.41) is 5.75. The Hall–Kier alpha value is -2.60. The number of amides is 2. The van der Waals surface area contributed by atoms with Gasteiger partial charge in [-0.25, -0.2) is 9.78 Å². The van der Waals surface area contributed by atoms with Crippen LogP contribution < -0.4 is 15.4 Å². The first-order valence-electron chi connectivity index (χ1n) is 8.55. The molecule has 0 radical (unpaired) electrons. The predicted molar refractivity (Wildman–Crippen MR) is 96.5 cm³/mol. The van der Waals surface area contributed by atoms with Crippen LogP contribution in [-0.4, -0.2) is 42.7 Å². The number of methoxy groups -OCH3 is 1. The van der Waals surface area contributed by atoms with Gasteiger partial charge in [0.25, 0.3) is 0 Å². The standard InChI is InChI=1S/C19H24N4O2/c1-25-18-16(7-4-9-20-18)13-22-19(24)21-10-12-23-11-8-15-5-2-3-6-17(15)14-23/h2-7,9H,8,10-14H2,1H3,(H2,21,22,24). The number of nitrogens with zero attached hydrogens (tertiary/aromatic N) is 2. The second-order valence-electron chi connectivity index (χ2n) is 6.08.